The maximum Gasteiger partial charge on any atom is 0.335 e. The van der Waals surface area contributed by atoms with Gasteiger partial charge in [-0.3, -0.25) is 0 Å². The molecule has 0 radical (unpaired) electrons. The van der Waals surface area contributed by atoms with Crippen LogP contribution < -0.4 is 9.47 Å². The third-order valence-electron chi connectivity index (χ3n) is 5.49. The number of esters is 2. The van der Waals surface area contributed by atoms with Crippen molar-refractivity contribution in [3.05, 3.63) is 48.1 Å². The molecule has 1 aliphatic rings. The minimum atomic E-state index is -0.695. The fourth-order valence-corrected chi connectivity index (χ4v) is 3.40. The molecule has 2 N–H and O–H groups in total. The summed E-state index contributed by atoms with van der Waals surface area (Å²) in [5, 5.41) is 17.9. The van der Waals surface area contributed by atoms with Gasteiger partial charge in [0.25, 0.3) is 0 Å². The summed E-state index contributed by atoms with van der Waals surface area (Å²) in [6.45, 7) is 9.24. The van der Waals surface area contributed by atoms with Gasteiger partial charge in [-0.25, -0.2) is 9.59 Å². The molecule has 10 nitrogen and oxygen atoms in total. The van der Waals surface area contributed by atoms with Crippen LogP contribution in [0.3, 0.4) is 0 Å². The summed E-state index contributed by atoms with van der Waals surface area (Å²) < 4.78 is 33.4. The molecule has 0 atom stereocenters. The molecule has 0 spiro atoms. The van der Waals surface area contributed by atoms with Crippen LogP contribution in [0.2, 0.25) is 0 Å². The molecule has 0 amide bonds. The molecule has 0 aromatic heterocycles. The number of rotatable bonds is 17. The minimum absolute atomic E-state index is 0.0412. The SMILES string of the molecule is C=C(CO)C(=O)OCCOc1cc(OCCOC(=O)C(=C)CO)cc(C2OCC(CCCCC)CO2)c1. The van der Waals surface area contributed by atoms with E-state index in [0.717, 1.165) is 19.3 Å². The smallest absolute Gasteiger partial charge is 0.335 e. The summed E-state index contributed by atoms with van der Waals surface area (Å²) in [5.41, 5.74) is 0.608. The van der Waals surface area contributed by atoms with Crippen LogP contribution in [0.1, 0.15) is 44.5 Å². The number of hydrogen-bond donors (Lipinski definition) is 2. The summed E-state index contributed by atoms with van der Waals surface area (Å²) in [7, 11) is 0. The van der Waals surface area contributed by atoms with Gasteiger partial charge in [-0.15, -0.1) is 0 Å². The van der Waals surface area contributed by atoms with Crippen LogP contribution in [0.15, 0.2) is 42.5 Å². The maximum absolute atomic E-state index is 11.6. The lowest BCUT2D eigenvalue weighted by atomic mass is 10.0. The molecular formula is C27H38O10. The predicted octanol–water partition coefficient (Wildman–Crippen LogP) is 2.87. The number of benzene rings is 1. The van der Waals surface area contributed by atoms with Gasteiger partial charge in [-0.2, -0.15) is 0 Å². The Kier molecular flexibility index (Phi) is 13.7. The highest BCUT2D eigenvalue weighted by molar-refractivity contribution is 5.88. The van der Waals surface area contributed by atoms with Gasteiger partial charge >= 0.3 is 11.9 Å². The van der Waals surface area contributed by atoms with Crippen molar-refractivity contribution in [2.45, 2.75) is 38.9 Å². The monoisotopic (exact) mass is 522 g/mol. The van der Waals surface area contributed by atoms with E-state index >= 15 is 0 Å². The molecule has 1 heterocycles. The molecular weight excluding hydrogens is 484 g/mol. The van der Waals surface area contributed by atoms with Gasteiger partial charge in [0.1, 0.15) is 37.9 Å². The van der Waals surface area contributed by atoms with Crippen LogP contribution in [0.5, 0.6) is 11.5 Å². The van der Waals surface area contributed by atoms with Gasteiger partial charge in [0.05, 0.1) is 37.6 Å². The van der Waals surface area contributed by atoms with E-state index in [-0.39, 0.29) is 37.6 Å². The van der Waals surface area contributed by atoms with E-state index in [2.05, 4.69) is 20.1 Å². The first-order valence-electron chi connectivity index (χ1n) is 12.4. The normalized spacial score (nSPS) is 17.1. The third-order valence-corrected chi connectivity index (χ3v) is 5.49. The second-order valence-corrected chi connectivity index (χ2v) is 8.59. The van der Waals surface area contributed by atoms with Crippen LogP contribution in [0.4, 0.5) is 0 Å². The number of aliphatic hydroxyl groups excluding tert-OH is 2. The fourth-order valence-electron chi connectivity index (χ4n) is 3.40. The van der Waals surface area contributed by atoms with Gasteiger partial charge in [-0.05, 0) is 18.6 Å². The number of carbonyl (C=O) groups is 2. The van der Waals surface area contributed by atoms with E-state index in [1.54, 1.807) is 18.2 Å². The lowest BCUT2D eigenvalue weighted by Crippen LogP contribution is -2.27. The second kappa shape index (κ2) is 16.8. The van der Waals surface area contributed by atoms with E-state index in [9.17, 15) is 9.59 Å². The number of unbranched alkanes of at least 4 members (excludes halogenated alkanes) is 2. The summed E-state index contributed by atoms with van der Waals surface area (Å²) in [6, 6.07) is 5.16. The standard InChI is InChI=1S/C27H38O10/c1-4-5-6-7-21-17-36-27(37-18-21)22-12-23(32-8-10-34-25(30)19(2)15-28)14-24(13-22)33-9-11-35-26(31)20(3)16-29/h12-14,21,27-29H,2-11,15-18H2,1H3. The Morgan fingerprint density at radius 2 is 1.38 bits per heavy atom. The van der Waals surface area contributed by atoms with Crippen LogP contribution >= 0.6 is 0 Å². The van der Waals surface area contributed by atoms with Gasteiger partial charge in [-0.1, -0.05) is 39.3 Å². The molecule has 10 heteroatoms. The molecule has 1 aromatic rings. The van der Waals surface area contributed by atoms with E-state index in [1.807, 2.05) is 0 Å². The van der Waals surface area contributed by atoms with E-state index < -0.39 is 31.4 Å². The lowest BCUT2D eigenvalue weighted by Gasteiger charge is -2.30. The van der Waals surface area contributed by atoms with Crippen molar-refractivity contribution in [1.29, 1.82) is 0 Å². The molecule has 2 rings (SSSR count). The van der Waals surface area contributed by atoms with Gasteiger partial charge in [0, 0.05) is 17.5 Å². The Labute approximate surface area is 217 Å². The van der Waals surface area contributed by atoms with Crippen LogP contribution in [-0.4, -0.2) is 75.0 Å². The summed E-state index contributed by atoms with van der Waals surface area (Å²) in [5.74, 6) is -0.163. The third kappa shape index (κ3) is 10.9. The molecule has 1 saturated heterocycles. The molecule has 0 bridgehead atoms. The molecule has 1 fully saturated rings. The van der Waals surface area contributed by atoms with E-state index in [4.69, 9.17) is 38.6 Å². The average molecular weight is 523 g/mol. The van der Waals surface area contributed by atoms with Crippen molar-refractivity contribution in [3.8, 4) is 11.5 Å². The lowest BCUT2D eigenvalue weighted by molar-refractivity contribution is -0.206. The molecule has 0 aliphatic carbocycles. The quantitative estimate of drug-likeness (QED) is 0.179. The van der Waals surface area contributed by atoms with Gasteiger partial charge in [0.15, 0.2) is 6.29 Å². The largest absolute Gasteiger partial charge is 0.490 e. The zero-order valence-electron chi connectivity index (χ0n) is 21.4. The Morgan fingerprint density at radius 1 is 0.865 bits per heavy atom. The van der Waals surface area contributed by atoms with Crippen LogP contribution in [0.25, 0.3) is 0 Å². The number of hydrogen-bond acceptors (Lipinski definition) is 10. The molecule has 206 valence electrons. The van der Waals surface area contributed by atoms with Crippen molar-refractivity contribution in [2.24, 2.45) is 5.92 Å². The van der Waals surface area contributed by atoms with Crippen molar-refractivity contribution in [1.82, 2.24) is 0 Å². The highest BCUT2D eigenvalue weighted by atomic mass is 16.7. The van der Waals surface area contributed by atoms with Crippen molar-refractivity contribution in [3.63, 3.8) is 0 Å². The number of carbonyl (C=O) groups excluding carboxylic acids is 2. The van der Waals surface area contributed by atoms with Crippen molar-refractivity contribution in [2.75, 3.05) is 52.9 Å². The van der Waals surface area contributed by atoms with Gasteiger partial charge in [0.2, 0.25) is 0 Å². The first-order chi connectivity index (χ1) is 17.9. The summed E-state index contributed by atoms with van der Waals surface area (Å²) in [6.07, 6.45) is 3.96. The topological polar surface area (TPSA) is 130 Å². The van der Waals surface area contributed by atoms with E-state index in [0.29, 0.717) is 36.2 Å². The zero-order valence-corrected chi connectivity index (χ0v) is 21.4. The van der Waals surface area contributed by atoms with Crippen molar-refractivity contribution >= 4 is 11.9 Å². The average Bonchev–Trinajstić information content (AvgIpc) is 2.92. The Hall–Kier alpha value is -2.92. The van der Waals surface area contributed by atoms with Crippen molar-refractivity contribution < 1.29 is 48.2 Å². The Bertz CT molecular complexity index is 835. The highest BCUT2D eigenvalue weighted by Gasteiger charge is 2.24. The Balaban J connectivity index is 1.98. The van der Waals surface area contributed by atoms with Gasteiger partial charge < -0.3 is 38.6 Å². The zero-order chi connectivity index (χ0) is 27.0. The molecule has 0 unspecified atom stereocenters. The second-order valence-electron chi connectivity index (χ2n) is 8.59. The summed E-state index contributed by atoms with van der Waals surface area (Å²) >= 11 is 0. The number of ether oxygens (including phenoxy) is 6. The molecule has 37 heavy (non-hydrogen) atoms. The fraction of sp³-hybridized carbons (Fsp3) is 0.556. The first kappa shape index (κ1) is 30.3. The van der Waals surface area contributed by atoms with Crippen LogP contribution in [-0.2, 0) is 28.5 Å². The molecule has 1 aromatic carbocycles. The molecule has 0 saturated carbocycles. The van der Waals surface area contributed by atoms with E-state index in [1.165, 1.54) is 6.42 Å². The first-order valence-corrected chi connectivity index (χ1v) is 12.4. The predicted molar refractivity (Wildman–Crippen MR) is 134 cm³/mol. The minimum Gasteiger partial charge on any atom is -0.490 e. The van der Waals surface area contributed by atoms with Crippen LogP contribution in [0, 0.1) is 5.92 Å². The maximum atomic E-state index is 11.6. The summed E-state index contributed by atoms with van der Waals surface area (Å²) in [4.78, 5) is 23.2. The Morgan fingerprint density at radius 3 is 1.84 bits per heavy atom. The number of aliphatic hydroxyl groups is 2. The molecule has 1 aliphatic heterocycles. The highest BCUT2D eigenvalue weighted by Crippen LogP contribution is 2.32.